The molecule has 0 aliphatic rings. The predicted molar refractivity (Wildman–Crippen MR) is 104 cm³/mol. The molecule has 0 radical (unpaired) electrons. The smallest absolute Gasteiger partial charge is 0.261 e. The minimum absolute atomic E-state index is 0.196. The lowest BCUT2D eigenvalue weighted by atomic mass is 10.2. The topological polar surface area (TPSA) is 66.5 Å². The first-order chi connectivity index (χ1) is 13.3. The number of thiophene rings is 1. The van der Waals surface area contributed by atoms with Crippen LogP contribution in [0.3, 0.4) is 0 Å². The molecule has 3 rings (SSSR count). The van der Waals surface area contributed by atoms with E-state index >= 15 is 0 Å². The number of benzene rings is 2. The van der Waals surface area contributed by atoms with Gasteiger partial charge in [0, 0.05) is 24.8 Å². The van der Waals surface area contributed by atoms with E-state index in [0.29, 0.717) is 18.2 Å². The SMILES string of the molecule is CN(Cc1ccsc1)C(=O)c1ccc(NS(=O)(=O)c2ccc(F)c(F)c2)cc1. The standard InChI is InChI=1S/C19H16F2N2O3S2/c1-23(11-13-8-9-27-12-13)19(24)14-2-4-15(5-3-14)22-28(25,26)16-6-7-17(20)18(21)10-16/h2-10,12,22H,11H2,1H3. The van der Waals surface area contributed by atoms with Crippen molar-refractivity contribution in [1.29, 1.82) is 0 Å². The van der Waals surface area contributed by atoms with Gasteiger partial charge in [-0.1, -0.05) is 0 Å². The number of nitrogens with one attached hydrogen (secondary N) is 1. The summed E-state index contributed by atoms with van der Waals surface area (Å²) in [6, 6.07) is 10.1. The largest absolute Gasteiger partial charge is 0.337 e. The average Bonchev–Trinajstić information content (AvgIpc) is 3.16. The summed E-state index contributed by atoms with van der Waals surface area (Å²) in [5.74, 6) is -2.59. The molecule has 0 unspecified atom stereocenters. The number of carbonyl (C=O) groups excluding carboxylic acids is 1. The first kappa shape index (κ1) is 20.0. The Balaban J connectivity index is 1.71. The molecular formula is C19H16F2N2O3S2. The number of amides is 1. The van der Waals surface area contributed by atoms with Crippen molar-refractivity contribution in [3.05, 3.63) is 82.1 Å². The van der Waals surface area contributed by atoms with Gasteiger partial charge < -0.3 is 4.90 Å². The molecule has 0 aliphatic heterocycles. The normalized spacial score (nSPS) is 11.2. The highest BCUT2D eigenvalue weighted by atomic mass is 32.2. The monoisotopic (exact) mass is 422 g/mol. The van der Waals surface area contributed by atoms with Crippen LogP contribution in [0.15, 0.2) is 64.2 Å². The van der Waals surface area contributed by atoms with Gasteiger partial charge in [0.05, 0.1) is 4.90 Å². The third kappa shape index (κ3) is 4.55. The second-order valence-electron chi connectivity index (χ2n) is 6.05. The lowest BCUT2D eigenvalue weighted by Gasteiger charge is -2.17. The van der Waals surface area contributed by atoms with E-state index in [1.165, 1.54) is 24.3 Å². The Hall–Kier alpha value is -2.78. The van der Waals surface area contributed by atoms with Crippen molar-refractivity contribution in [2.75, 3.05) is 11.8 Å². The second kappa shape index (κ2) is 8.07. The Labute approximate surface area is 165 Å². The lowest BCUT2D eigenvalue weighted by Crippen LogP contribution is -2.26. The highest BCUT2D eigenvalue weighted by Gasteiger charge is 2.17. The summed E-state index contributed by atoms with van der Waals surface area (Å²) in [7, 11) is -2.41. The van der Waals surface area contributed by atoms with E-state index in [1.54, 1.807) is 23.3 Å². The van der Waals surface area contributed by atoms with E-state index in [9.17, 15) is 22.0 Å². The maximum Gasteiger partial charge on any atom is 0.261 e. The molecule has 5 nitrogen and oxygen atoms in total. The third-order valence-electron chi connectivity index (χ3n) is 3.93. The van der Waals surface area contributed by atoms with E-state index in [2.05, 4.69) is 4.72 Å². The summed E-state index contributed by atoms with van der Waals surface area (Å²) in [6.07, 6.45) is 0. The maximum absolute atomic E-state index is 13.3. The summed E-state index contributed by atoms with van der Waals surface area (Å²) in [6.45, 7) is 0.465. The Morgan fingerprint density at radius 3 is 2.39 bits per heavy atom. The molecule has 28 heavy (non-hydrogen) atoms. The molecule has 0 saturated heterocycles. The molecule has 0 atom stereocenters. The van der Waals surface area contributed by atoms with Gasteiger partial charge in [-0.05, 0) is 64.9 Å². The van der Waals surface area contributed by atoms with Gasteiger partial charge in [0.15, 0.2) is 11.6 Å². The lowest BCUT2D eigenvalue weighted by molar-refractivity contribution is 0.0785. The molecular weight excluding hydrogens is 406 g/mol. The molecule has 146 valence electrons. The van der Waals surface area contributed by atoms with Gasteiger partial charge >= 0.3 is 0 Å². The zero-order valence-corrected chi connectivity index (χ0v) is 16.4. The Bertz CT molecular complexity index is 1080. The van der Waals surface area contributed by atoms with Gasteiger partial charge in [-0.15, -0.1) is 0 Å². The number of rotatable bonds is 6. The minimum atomic E-state index is -4.09. The van der Waals surface area contributed by atoms with Crippen LogP contribution in [0.5, 0.6) is 0 Å². The molecule has 3 aromatic rings. The van der Waals surface area contributed by atoms with Gasteiger partial charge in [-0.2, -0.15) is 11.3 Å². The minimum Gasteiger partial charge on any atom is -0.337 e. The number of anilines is 1. The third-order valence-corrected chi connectivity index (χ3v) is 6.04. The summed E-state index contributed by atoms with van der Waals surface area (Å²) in [5, 5.41) is 3.89. The van der Waals surface area contributed by atoms with Gasteiger partial charge in [0.25, 0.3) is 15.9 Å². The fraction of sp³-hybridized carbons (Fsp3) is 0.105. The molecule has 0 aliphatic carbocycles. The highest BCUT2D eigenvalue weighted by Crippen LogP contribution is 2.19. The molecule has 2 aromatic carbocycles. The fourth-order valence-corrected chi connectivity index (χ4v) is 4.22. The molecule has 0 fully saturated rings. The molecule has 1 amide bonds. The van der Waals surface area contributed by atoms with E-state index < -0.39 is 26.6 Å². The van der Waals surface area contributed by atoms with Crippen LogP contribution in [0.25, 0.3) is 0 Å². The molecule has 9 heteroatoms. The van der Waals surface area contributed by atoms with Gasteiger partial charge in [-0.3, -0.25) is 9.52 Å². The Morgan fingerprint density at radius 1 is 1.07 bits per heavy atom. The summed E-state index contributed by atoms with van der Waals surface area (Å²) in [4.78, 5) is 13.6. The molecule has 1 heterocycles. The van der Waals surface area contributed by atoms with Crippen molar-refractivity contribution in [3.63, 3.8) is 0 Å². The van der Waals surface area contributed by atoms with Crippen LogP contribution >= 0.6 is 11.3 Å². The average molecular weight is 422 g/mol. The molecule has 0 spiro atoms. The van der Waals surface area contributed by atoms with Crippen molar-refractivity contribution in [3.8, 4) is 0 Å². The number of hydrogen-bond donors (Lipinski definition) is 1. The number of carbonyl (C=O) groups is 1. The Morgan fingerprint density at radius 2 is 1.79 bits per heavy atom. The maximum atomic E-state index is 13.3. The number of halogens is 2. The summed E-state index contributed by atoms with van der Waals surface area (Å²) < 4.78 is 53.1. The van der Waals surface area contributed by atoms with Crippen LogP contribution in [0.2, 0.25) is 0 Å². The Kier molecular flexibility index (Phi) is 5.76. The fourth-order valence-electron chi connectivity index (χ4n) is 2.49. The van der Waals surface area contributed by atoms with Crippen molar-refractivity contribution < 1.29 is 22.0 Å². The first-order valence-corrected chi connectivity index (χ1v) is 10.5. The zero-order valence-electron chi connectivity index (χ0n) is 14.7. The molecule has 1 N–H and O–H groups in total. The van der Waals surface area contributed by atoms with E-state index in [-0.39, 0.29) is 11.6 Å². The van der Waals surface area contributed by atoms with Crippen LogP contribution < -0.4 is 4.72 Å². The van der Waals surface area contributed by atoms with Crippen LogP contribution in [-0.4, -0.2) is 26.3 Å². The van der Waals surface area contributed by atoms with Gasteiger partial charge in [0.1, 0.15) is 0 Å². The van der Waals surface area contributed by atoms with E-state index in [0.717, 1.165) is 17.7 Å². The number of hydrogen-bond acceptors (Lipinski definition) is 4. The van der Waals surface area contributed by atoms with Crippen LogP contribution in [0, 0.1) is 11.6 Å². The van der Waals surface area contributed by atoms with Crippen molar-refractivity contribution in [2.45, 2.75) is 11.4 Å². The van der Waals surface area contributed by atoms with Crippen LogP contribution in [-0.2, 0) is 16.6 Å². The predicted octanol–water partition coefficient (Wildman–Crippen LogP) is 4.10. The molecule has 0 bridgehead atoms. The van der Waals surface area contributed by atoms with Gasteiger partial charge in [-0.25, -0.2) is 17.2 Å². The number of nitrogens with zero attached hydrogens (tertiary/aromatic N) is 1. The molecule has 1 aromatic heterocycles. The summed E-state index contributed by atoms with van der Waals surface area (Å²) in [5.41, 5.74) is 1.62. The van der Waals surface area contributed by atoms with Crippen LogP contribution in [0.1, 0.15) is 15.9 Å². The second-order valence-corrected chi connectivity index (χ2v) is 8.51. The number of sulfonamides is 1. The van der Waals surface area contributed by atoms with E-state index in [1.807, 2.05) is 16.8 Å². The van der Waals surface area contributed by atoms with Crippen molar-refractivity contribution in [2.24, 2.45) is 0 Å². The zero-order chi connectivity index (χ0) is 20.3. The highest BCUT2D eigenvalue weighted by molar-refractivity contribution is 7.92. The molecule has 0 saturated carbocycles. The van der Waals surface area contributed by atoms with Crippen molar-refractivity contribution in [1.82, 2.24) is 4.90 Å². The quantitative estimate of drug-likeness (QED) is 0.650. The summed E-state index contributed by atoms with van der Waals surface area (Å²) >= 11 is 1.55. The van der Waals surface area contributed by atoms with E-state index in [4.69, 9.17) is 0 Å². The van der Waals surface area contributed by atoms with Crippen LogP contribution in [0.4, 0.5) is 14.5 Å². The first-order valence-electron chi connectivity index (χ1n) is 8.11. The van der Waals surface area contributed by atoms with Crippen molar-refractivity contribution >= 4 is 33.0 Å². The van der Waals surface area contributed by atoms with Gasteiger partial charge in [0.2, 0.25) is 0 Å².